The van der Waals surface area contributed by atoms with Gasteiger partial charge in [0.05, 0.1) is 0 Å². The third-order valence-electron chi connectivity index (χ3n) is 19.0. The molecule has 8 aromatic rings. The lowest BCUT2D eigenvalue weighted by molar-refractivity contribution is 0.563. The summed E-state index contributed by atoms with van der Waals surface area (Å²) in [6.45, 7) is 17.9. The van der Waals surface area contributed by atoms with E-state index in [1.165, 1.54) is 325 Å². The first-order valence-electron chi connectivity index (χ1n) is 42.2. The smallest absolute Gasteiger partial charge is 0.00723 e. The van der Waals surface area contributed by atoms with E-state index in [4.69, 9.17) is 0 Å². The van der Waals surface area contributed by atoms with Crippen LogP contribution in [0.15, 0.2) is 233 Å². The monoisotopic (exact) mass is 1570 g/mol. The molecule has 0 aliphatic carbocycles. The molecule has 0 heterocycles. The van der Waals surface area contributed by atoms with Gasteiger partial charge >= 0.3 is 0 Å². The normalized spacial score (nSPS) is 11.0. The maximum absolute atomic E-state index is 2.29. The Morgan fingerprint density at radius 3 is 0.368 bits per heavy atom. The lowest BCUT2D eigenvalue weighted by atomic mass is 10.1. The highest BCUT2D eigenvalue weighted by atomic mass is 32.2. The van der Waals surface area contributed by atoms with Gasteiger partial charge in [0.15, 0.2) is 0 Å². The van der Waals surface area contributed by atoms with E-state index in [1.807, 2.05) is 94.1 Å². The maximum atomic E-state index is 2.29. The molecular weight excluding hydrogens is 1430 g/mol. The standard InChI is InChI=1S/C26H38S2.C25H36S2.C24H34S2.C23H32S2/c1-3-5-6-7-8-9-10-11-12-13-22-28-26-20-16-24(17-21-26)23-14-18-25(19-15-23)27-4-2;1-3-5-6-7-8-9-10-11-12-21-27-25-19-15-23(16-20-25)22-13-17-24(18-14-22)26-4-2;1-3-5-6-7-8-9-10-11-20-26-24-18-14-22(15-19-24)21-12-16-23(17-13-21)25-4-2;1-3-5-6-7-8-9-10-19-25-23-17-13-21(14-18-23)20-11-15-22(16-12-20)24-4-2/h14-21H,3-13,22H2,1-2H3;13-20H,3-12,21H2,1-2H3;12-19H,3-11,20H2,1-2H3;11-18H,3-10,19H2,1-2H3. The van der Waals surface area contributed by atoms with Gasteiger partial charge in [-0.15, -0.1) is 94.1 Å². The average molecular weight is 1570 g/mol. The Balaban J connectivity index is 0.000000254. The van der Waals surface area contributed by atoms with Crippen LogP contribution in [0.4, 0.5) is 0 Å². The van der Waals surface area contributed by atoms with Crippen LogP contribution >= 0.6 is 94.1 Å². The van der Waals surface area contributed by atoms with Gasteiger partial charge in [0.25, 0.3) is 0 Å². The van der Waals surface area contributed by atoms with Crippen LogP contribution in [0.1, 0.15) is 274 Å². The van der Waals surface area contributed by atoms with Crippen molar-refractivity contribution in [3.8, 4) is 44.5 Å². The van der Waals surface area contributed by atoms with Crippen LogP contribution < -0.4 is 0 Å². The van der Waals surface area contributed by atoms with E-state index < -0.39 is 0 Å². The molecule has 0 spiro atoms. The van der Waals surface area contributed by atoms with Gasteiger partial charge in [0.1, 0.15) is 0 Å². The molecule has 0 aromatic heterocycles. The second-order valence-corrected chi connectivity index (χ2v) is 38.0. The van der Waals surface area contributed by atoms with Crippen molar-refractivity contribution >= 4 is 94.1 Å². The lowest BCUT2D eigenvalue weighted by Gasteiger charge is -2.06. The van der Waals surface area contributed by atoms with Crippen molar-refractivity contribution in [1.82, 2.24) is 0 Å². The number of benzene rings is 8. The first-order valence-corrected chi connectivity index (χ1v) is 50.1. The Kier molecular flexibility index (Phi) is 56.4. The average Bonchev–Trinajstić information content (AvgIpc) is 0.878. The number of thioether (sulfide) groups is 8. The Labute approximate surface area is 685 Å². The van der Waals surface area contributed by atoms with Gasteiger partial charge < -0.3 is 0 Å². The summed E-state index contributed by atoms with van der Waals surface area (Å²) in [7, 11) is 0. The molecule has 0 amide bonds. The van der Waals surface area contributed by atoms with Gasteiger partial charge in [0.2, 0.25) is 0 Å². The van der Waals surface area contributed by atoms with E-state index in [-0.39, 0.29) is 0 Å². The van der Waals surface area contributed by atoms with Crippen LogP contribution in [0.3, 0.4) is 0 Å². The minimum absolute atomic E-state index is 1.13. The molecule has 8 heteroatoms. The molecule has 0 radical (unpaired) electrons. The van der Waals surface area contributed by atoms with Crippen molar-refractivity contribution in [3.63, 3.8) is 0 Å². The predicted octanol–water partition coefficient (Wildman–Crippen LogP) is 35.6. The molecule has 0 nitrogen and oxygen atoms in total. The fourth-order valence-electron chi connectivity index (χ4n) is 12.7. The Morgan fingerprint density at radius 1 is 0.132 bits per heavy atom. The second-order valence-electron chi connectivity index (χ2n) is 27.9. The molecule has 0 N–H and O–H groups in total. The fourth-order valence-corrected chi connectivity index (χ4v) is 19.0. The number of unbranched alkanes of at least 4 members (excludes halogenated alkanes) is 30. The van der Waals surface area contributed by atoms with Gasteiger partial charge in [-0.25, -0.2) is 0 Å². The molecule has 0 unspecified atom stereocenters. The van der Waals surface area contributed by atoms with Gasteiger partial charge in [0, 0.05) is 39.2 Å². The Morgan fingerprint density at radius 2 is 0.245 bits per heavy atom. The minimum atomic E-state index is 1.13. The molecule has 0 bridgehead atoms. The third-order valence-corrected chi connectivity index (χ3v) is 26.9. The van der Waals surface area contributed by atoms with E-state index in [9.17, 15) is 0 Å². The van der Waals surface area contributed by atoms with Crippen LogP contribution in [-0.4, -0.2) is 46.0 Å². The van der Waals surface area contributed by atoms with Crippen molar-refractivity contribution < 1.29 is 0 Å². The molecule has 106 heavy (non-hydrogen) atoms. The highest BCUT2D eigenvalue weighted by Crippen LogP contribution is 2.33. The van der Waals surface area contributed by atoms with Crippen LogP contribution in [0.5, 0.6) is 0 Å². The highest BCUT2D eigenvalue weighted by Gasteiger charge is 2.07. The van der Waals surface area contributed by atoms with Crippen molar-refractivity contribution in [3.05, 3.63) is 194 Å². The maximum Gasteiger partial charge on any atom is 0.00723 e. The number of hydrogen-bond acceptors (Lipinski definition) is 8. The summed E-state index contributed by atoms with van der Waals surface area (Å²) < 4.78 is 0. The second kappa shape index (κ2) is 64.1. The molecule has 0 aliphatic heterocycles. The van der Waals surface area contributed by atoms with Crippen LogP contribution in [-0.2, 0) is 0 Å². The quantitative estimate of drug-likeness (QED) is 0.0270. The van der Waals surface area contributed by atoms with Crippen molar-refractivity contribution in [1.29, 1.82) is 0 Å². The van der Waals surface area contributed by atoms with Gasteiger partial charge in [-0.3, -0.25) is 0 Å². The van der Waals surface area contributed by atoms with Crippen molar-refractivity contribution in [2.75, 3.05) is 46.0 Å². The molecule has 8 aromatic carbocycles. The number of hydrogen-bond donors (Lipinski definition) is 0. The molecule has 0 saturated carbocycles. The summed E-state index contributed by atoms with van der Waals surface area (Å²) in [4.78, 5) is 11.0. The zero-order valence-corrected chi connectivity index (χ0v) is 74.0. The SMILES string of the molecule is CCCCCCCCCCCCSc1ccc(-c2ccc(SCC)cc2)cc1.CCCCCCCCCCCSc1ccc(-c2ccc(SCC)cc2)cc1.CCCCCCCCCCSc1ccc(-c2ccc(SCC)cc2)cc1.CCCCCCCCCSc1ccc(-c2ccc(SCC)cc2)cc1. The molecule has 580 valence electrons. The van der Waals surface area contributed by atoms with E-state index in [1.54, 1.807) is 0 Å². The zero-order valence-electron chi connectivity index (χ0n) is 67.4. The molecule has 0 atom stereocenters. The zero-order chi connectivity index (χ0) is 75.2. The van der Waals surface area contributed by atoms with Crippen LogP contribution in [0.2, 0.25) is 0 Å². The van der Waals surface area contributed by atoms with Crippen LogP contribution in [0, 0.1) is 0 Å². The highest BCUT2D eigenvalue weighted by molar-refractivity contribution is 8.00. The van der Waals surface area contributed by atoms with Crippen molar-refractivity contribution in [2.24, 2.45) is 0 Å². The summed E-state index contributed by atoms with van der Waals surface area (Å²) in [6, 6.07) is 72.1. The minimum Gasteiger partial charge on any atom is -0.126 e. The van der Waals surface area contributed by atoms with E-state index in [0.29, 0.717) is 0 Å². The van der Waals surface area contributed by atoms with Crippen molar-refractivity contribution in [2.45, 2.75) is 313 Å². The third kappa shape index (κ3) is 44.0. The topological polar surface area (TPSA) is 0 Å². The lowest BCUT2D eigenvalue weighted by Crippen LogP contribution is -1.84. The summed E-state index contributed by atoms with van der Waals surface area (Å²) in [5, 5.41) is 0. The number of rotatable bonds is 54. The van der Waals surface area contributed by atoms with Gasteiger partial charge in [-0.05, 0) is 213 Å². The molecule has 0 saturated heterocycles. The molecule has 8 rings (SSSR count). The summed E-state index contributed by atoms with van der Waals surface area (Å²) in [6.07, 6.45) is 47.7. The summed E-state index contributed by atoms with van der Waals surface area (Å²) in [5.74, 6) is 9.51. The van der Waals surface area contributed by atoms with Crippen LogP contribution in [0.25, 0.3) is 44.5 Å². The molecule has 0 fully saturated rings. The summed E-state index contributed by atoms with van der Waals surface area (Å²) >= 11 is 15.6. The van der Waals surface area contributed by atoms with Gasteiger partial charge in [-0.1, -0.05) is 345 Å². The first kappa shape index (κ1) is 93.2. The predicted molar refractivity (Wildman–Crippen MR) is 496 cm³/mol. The fraction of sp³-hybridized carbons (Fsp3) is 0.510. The Hall–Kier alpha value is -3.44. The Bertz CT molecular complexity index is 3270. The van der Waals surface area contributed by atoms with E-state index in [0.717, 1.165) is 23.0 Å². The van der Waals surface area contributed by atoms with Gasteiger partial charge in [-0.2, -0.15) is 0 Å². The van der Waals surface area contributed by atoms with E-state index in [2.05, 4.69) is 250 Å². The molecular formula is C98H140S8. The van der Waals surface area contributed by atoms with E-state index >= 15 is 0 Å². The first-order chi connectivity index (χ1) is 52.3. The largest absolute Gasteiger partial charge is 0.126 e. The summed E-state index contributed by atoms with van der Waals surface area (Å²) in [5.41, 5.74) is 10.5. The molecule has 0 aliphatic rings.